The first-order chi connectivity index (χ1) is 13.4. The number of benzene rings is 2. The summed E-state index contributed by atoms with van der Waals surface area (Å²) in [6.07, 6.45) is 0. The highest BCUT2D eigenvalue weighted by Crippen LogP contribution is 2.32. The van der Waals surface area contributed by atoms with E-state index in [9.17, 15) is 4.79 Å². The number of rotatable bonds is 7. The van der Waals surface area contributed by atoms with Crippen molar-refractivity contribution >= 4 is 17.5 Å². The number of nitrogens with zero attached hydrogens (tertiary/aromatic N) is 2. The van der Waals surface area contributed by atoms with Gasteiger partial charge in [0, 0.05) is 11.1 Å². The third-order valence-corrected chi connectivity index (χ3v) is 5.32. The van der Waals surface area contributed by atoms with Crippen LogP contribution in [0.5, 0.6) is 11.5 Å². The highest BCUT2D eigenvalue weighted by atomic mass is 32.2. The fourth-order valence-electron chi connectivity index (χ4n) is 2.82. The zero-order valence-corrected chi connectivity index (χ0v) is 17.3. The molecule has 0 N–H and O–H groups in total. The molecule has 6 nitrogen and oxygen atoms in total. The molecule has 0 radical (unpaired) electrons. The second kappa shape index (κ2) is 8.48. The van der Waals surface area contributed by atoms with E-state index in [1.165, 1.54) is 17.3 Å². The second-order valence-electron chi connectivity index (χ2n) is 6.41. The van der Waals surface area contributed by atoms with E-state index in [0.717, 1.165) is 16.7 Å². The summed E-state index contributed by atoms with van der Waals surface area (Å²) >= 11 is 1.23. The van der Waals surface area contributed by atoms with Gasteiger partial charge in [0.25, 0.3) is 5.22 Å². The van der Waals surface area contributed by atoms with E-state index in [0.29, 0.717) is 28.2 Å². The Morgan fingerprint density at radius 2 is 1.68 bits per heavy atom. The molecule has 146 valence electrons. The van der Waals surface area contributed by atoms with E-state index >= 15 is 0 Å². The molecule has 0 saturated heterocycles. The van der Waals surface area contributed by atoms with Crippen molar-refractivity contribution in [2.45, 2.75) is 26.0 Å². The number of Topliss-reactive ketones (excluding diaryl/α,β-unsaturated/α-hetero) is 1. The normalized spacial score (nSPS) is 10.8. The molecule has 0 spiro atoms. The van der Waals surface area contributed by atoms with Gasteiger partial charge >= 0.3 is 0 Å². The Morgan fingerprint density at radius 3 is 2.39 bits per heavy atom. The van der Waals surface area contributed by atoms with Crippen molar-refractivity contribution in [2.75, 3.05) is 20.0 Å². The molecule has 1 heterocycles. The molecule has 0 bridgehead atoms. The van der Waals surface area contributed by atoms with Crippen LogP contribution in [0.15, 0.2) is 40.0 Å². The Balaban J connectivity index is 1.72. The van der Waals surface area contributed by atoms with Crippen LogP contribution < -0.4 is 9.47 Å². The van der Waals surface area contributed by atoms with E-state index in [4.69, 9.17) is 13.9 Å². The van der Waals surface area contributed by atoms with Gasteiger partial charge < -0.3 is 13.9 Å². The van der Waals surface area contributed by atoms with Crippen LogP contribution in [-0.4, -0.2) is 36.0 Å². The van der Waals surface area contributed by atoms with Crippen LogP contribution >= 0.6 is 11.8 Å². The molecule has 0 amide bonds. The van der Waals surface area contributed by atoms with E-state index in [-0.39, 0.29) is 11.5 Å². The minimum atomic E-state index is 0.0384. The van der Waals surface area contributed by atoms with Gasteiger partial charge in [-0.15, -0.1) is 10.2 Å². The molecule has 0 fully saturated rings. The molecule has 3 aromatic rings. The summed E-state index contributed by atoms with van der Waals surface area (Å²) < 4.78 is 16.2. The average Bonchev–Trinajstić information content (AvgIpc) is 3.17. The summed E-state index contributed by atoms with van der Waals surface area (Å²) in [6.45, 7) is 6.00. The number of carbonyl (C=O) groups excluding carboxylic acids is 1. The lowest BCUT2D eigenvalue weighted by atomic mass is 9.99. The maximum absolute atomic E-state index is 12.6. The molecular weight excluding hydrogens is 376 g/mol. The van der Waals surface area contributed by atoms with Crippen LogP contribution in [0.1, 0.15) is 27.0 Å². The van der Waals surface area contributed by atoms with Gasteiger partial charge in [-0.25, -0.2) is 0 Å². The Bertz CT molecular complexity index is 1010. The number of ketones is 1. The maximum Gasteiger partial charge on any atom is 0.277 e. The summed E-state index contributed by atoms with van der Waals surface area (Å²) in [7, 11) is 3.14. The monoisotopic (exact) mass is 398 g/mol. The van der Waals surface area contributed by atoms with Gasteiger partial charge in [-0.2, -0.15) is 0 Å². The van der Waals surface area contributed by atoms with Crippen molar-refractivity contribution in [3.8, 4) is 23.0 Å². The third kappa shape index (κ3) is 4.20. The number of hydrogen-bond acceptors (Lipinski definition) is 7. The molecule has 2 aromatic carbocycles. The lowest BCUT2D eigenvalue weighted by Crippen LogP contribution is -2.06. The van der Waals surface area contributed by atoms with Crippen molar-refractivity contribution in [1.29, 1.82) is 0 Å². The zero-order valence-electron chi connectivity index (χ0n) is 16.5. The molecule has 0 saturated carbocycles. The number of aryl methyl sites for hydroxylation is 3. The number of hydrogen-bond donors (Lipinski definition) is 0. The summed E-state index contributed by atoms with van der Waals surface area (Å²) in [5.74, 6) is 1.83. The Hall–Kier alpha value is -2.80. The van der Waals surface area contributed by atoms with Crippen molar-refractivity contribution in [2.24, 2.45) is 0 Å². The molecule has 0 atom stereocenters. The standard InChI is InChI=1S/C21H22N2O4S/c1-12-8-14(3)16(9-13(12)2)17(24)11-28-21-23-22-20(27-21)15-6-7-18(25-4)19(10-15)26-5/h6-10H,11H2,1-5H3. The van der Waals surface area contributed by atoms with Gasteiger partial charge in [-0.05, 0) is 61.7 Å². The fraction of sp³-hybridized carbons (Fsp3) is 0.286. The molecule has 0 aliphatic carbocycles. The summed E-state index contributed by atoms with van der Waals surface area (Å²) in [5.41, 5.74) is 4.71. The summed E-state index contributed by atoms with van der Waals surface area (Å²) in [4.78, 5) is 12.6. The highest BCUT2D eigenvalue weighted by Gasteiger charge is 2.16. The maximum atomic E-state index is 12.6. The number of aromatic nitrogens is 2. The number of methoxy groups -OCH3 is 2. The predicted molar refractivity (Wildman–Crippen MR) is 109 cm³/mol. The topological polar surface area (TPSA) is 74.5 Å². The Labute approximate surface area is 168 Å². The smallest absolute Gasteiger partial charge is 0.277 e. The molecule has 1 aromatic heterocycles. The van der Waals surface area contributed by atoms with E-state index in [1.54, 1.807) is 26.4 Å². The first-order valence-corrected chi connectivity index (χ1v) is 9.71. The largest absolute Gasteiger partial charge is 0.493 e. The highest BCUT2D eigenvalue weighted by molar-refractivity contribution is 7.99. The number of thioether (sulfide) groups is 1. The average molecular weight is 398 g/mol. The molecule has 3 rings (SSSR count). The van der Waals surface area contributed by atoms with Gasteiger partial charge in [-0.1, -0.05) is 17.8 Å². The quantitative estimate of drug-likeness (QED) is 0.423. The van der Waals surface area contributed by atoms with E-state index in [1.807, 2.05) is 39.0 Å². The molecule has 0 aliphatic heterocycles. The van der Waals surface area contributed by atoms with Gasteiger partial charge in [0.05, 0.1) is 20.0 Å². The molecule has 0 unspecified atom stereocenters. The molecule has 0 aliphatic rings. The van der Waals surface area contributed by atoms with Crippen molar-refractivity contribution in [3.63, 3.8) is 0 Å². The van der Waals surface area contributed by atoms with E-state index < -0.39 is 0 Å². The minimum Gasteiger partial charge on any atom is -0.493 e. The molecule has 28 heavy (non-hydrogen) atoms. The fourth-order valence-corrected chi connectivity index (χ4v) is 3.47. The summed E-state index contributed by atoms with van der Waals surface area (Å²) in [6, 6.07) is 9.33. The van der Waals surface area contributed by atoms with Crippen LogP contribution in [0, 0.1) is 20.8 Å². The third-order valence-electron chi connectivity index (χ3n) is 4.50. The molecule has 7 heteroatoms. The van der Waals surface area contributed by atoms with Crippen LogP contribution in [0.2, 0.25) is 0 Å². The van der Waals surface area contributed by atoms with Crippen LogP contribution in [0.25, 0.3) is 11.5 Å². The van der Waals surface area contributed by atoms with Gasteiger partial charge in [0.1, 0.15) is 0 Å². The van der Waals surface area contributed by atoms with Crippen molar-refractivity contribution in [3.05, 3.63) is 52.6 Å². The zero-order chi connectivity index (χ0) is 20.3. The first kappa shape index (κ1) is 19.9. The Kier molecular flexibility index (Phi) is 6.04. The minimum absolute atomic E-state index is 0.0384. The van der Waals surface area contributed by atoms with Crippen LogP contribution in [0.3, 0.4) is 0 Å². The second-order valence-corrected chi connectivity index (χ2v) is 7.33. The van der Waals surface area contributed by atoms with Gasteiger partial charge in [-0.3, -0.25) is 4.79 Å². The van der Waals surface area contributed by atoms with E-state index in [2.05, 4.69) is 10.2 Å². The lowest BCUT2D eigenvalue weighted by Gasteiger charge is -2.08. The van der Waals surface area contributed by atoms with Crippen molar-refractivity contribution < 1.29 is 18.7 Å². The Morgan fingerprint density at radius 1 is 0.964 bits per heavy atom. The SMILES string of the molecule is COc1ccc(-c2nnc(SCC(=O)c3cc(C)c(C)cc3C)o2)cc1OC. The van der Waals surface area contributed by atoms with Gasteiger partial charge in [0.2, 0.25) is 5.89 Å². The number of carbonyl (C=O) groups is 1. The van der Waals surface area contributed by atoms with Gasteiger partial charge in [0.15, 0.2) is 17.3 Å². The van der Waals surface area contributed by atoms with Crippen LogP contribution in [0.4, 0.5) is 0 Å². The lowest BCUT2D eigenvalue weighted by molar-refractivity contribution is 0.102. The predicted octanol–water partition coefficient (Wildman–Crippen LogP) is 4.65. The summed E-state index contributed by atoms with van der Waals surface area (Å²) in [5, 5.41) is 8.45. The van der Waals surface area contributed by atoms with Crippen LogP contribution in [-0.2, 0) is 0 Å². The number of ether oxygens (including phenoxy) is 2. The first-order valence-electron chi connectivity index (χ1n) is 8.72. The molecular formula is C21H22N2O4S. The van der Waals surface area contributed by atoms with Crippen molar-refractivity contribution in [1.82, 2.24) is 10.2 Å².